The van der Waals surface area contributed by atoms with Gasteiger partial charge in [-0.2, -0.15) is 0 Å². The number of carbonyl (C=O) groups excluding carboxylic acids is 2. The predicted molar refractivity (Wildman–Crippen MR) is 115 cm³/mol. The number of ether oxygens (including phenoxy) is 2. The van der Waals surface area contributed by atoms with Crippen LogP contribution in [0.3, 0.4) is 0 Å². The van der Waals surface area contributed by atoms with Gasteiger partial charge < -0.3 is 19.3 Å². The lowest BCUT2D eigenvalue weighted by molar-refractivity contribution is -0.141. The minimum absolute atomic E-state index is 0.00524. The van der Waals surface area contributed by atoms with E-state index in [-0.39, 0.29) is 42.3 Å². The van der Waals surface area contributed by atoms with Crippen LogP contribution in [0.15, 0.2) is 48.8 Å². The molecule has 3 fully saturated rings. The summed E-state index contributed by atoms with van der Waals surface area (Å²) in [6.45, 7) is 0.440. The molecule has 1 aromatic carbocycles. The van der Waals surface area contributed by atoms with E-state index in [1.807, 2.05) is 36.4 Å². The van der Waals surface area contributed by atoms with E-state index in [0.29, 0.717) is 6.54 Å². The molecule has 3 saturated heterocycles. The standard InChI is InChI=1S/C24H27N3O4/c1-30-20-8-6-17(7-9-20)26-15-16(11-23(26)28)24(29)27-18-4-5-19(27)13-22(12-18)31-21-3-2-10-25-14-21/h2-3,6-10,14,16,18-19,22H,4-5,11-13,15H2,1H3. The predicted octanol–water partition coefficient (Wildman–Crippen LogP) is 3.04. The van der Waals surface area contributed by atoms with Gasteiger partial charge >= 0.3 is 0 Å². The van der Waals surface area contributed by atoms with Crippen LogP contribution in [0.25, 0.3) is 0 Å². The number of anilines is 1. The Morgan fingerprint density at radius 3 is 2.45 bits per heavy atom. The average molecular weight is 421 g/mol. The van der Waals surface area contributed by atoms with Crippen molar-refractivity contribution in [1.29, 1.82) is 0 Å². The highest BCUT2D eigenvalue weighted by molar-refractivity contribution is 6.00. The maximum Gasteiger partial charge on any atom is 0.228 e. The Labute approximate surface area is 182 Å². The molecule has 0 N–H and O–H groups in total. The van der Waals surface area contributed by atoms with Crippen LogP contribution >= 0.6 is 0 Å². The Morgan fingerprint density at radius 2 is 1.81 bits per heavy atom. The summed E-state index contributed by atoms with van der Waals surface area (Å²) in [5.74, 6) is 1.37. The van der Waals surface area contributed by atoms with Crippen LogP contribution in [0.4, 0.5) is 5.69 Å². The number of hydrogen-bond acceptors (Lipinski definition) is 5. The molecule has 162 valence electrons. The number of carbonyl (C=O) groups is 2. The number of rotatable bonds is 5. The summed E-state index contributed by atoms with van der Waals surface area (Å²) in [7, 11) is 1.62. The Bertz CT molecular complexity index is 935. The quantitative estimate of drug-likeness (QED) is 0.742. The molecule has 0 aliphatic carbocycles. The summed E-state index contributed by atoms with van der Waals surface area (Å²) in [4.78, 5) is 34.0. The maximum atomic E-state index is 13.4. The van der Waals surface area contributed by atoms with Gasteiger partial charge in [0, 0.05) is 49.8 Å². The molecule has 7 heteroatoms. The van der Waals surface area contributed by atoms with Gasteiger partial charge in [0.2, 0.25) is 11.8 Å². The van der Waals surface area contributed by atoms with E-state index in [4.69, 9.17) is 9.47 Å². The van der Waals surface area contributed by atoms with Gasteiger partial charge in [0.05, 0.1) is 19.2 Å². The molecule has 2 aromatic rings. The first-order chi connectivity index (χ1) is 15.1. The average Bonchev–Trinajstić information content (AvgIpc) is 3.31. The number of piperidine rings is 1. The van der Waals surface area contributed by atoms with E-state index in [1.165, 1.54) is 0 Å². The molecule has 3 atom stereocenters. The van der Waals surface area contributed by atoms with Gasteiger partial charge in [-0.1, -0.05) is 0 Å². The fourth-order valence-electron chi connectivity index (χ4n) is 5.29. The minimum Gasteiger partial charge on any atom is -0.497 e. The molecule has 7 nitrogen and oxygen atoms in total. The number of benzene rings is 1. The van der Waals surface area contributed by atoms with Gasteiger partial charge in [-0.05, 0) is 49.2 Å². The molecule has 0 spiro atoms. The highest BCUT2D eigenvalue weighted by Crippen LogP contribution is 2.39. The largest absolute Gasteiger partial charge is 0.497 e. The lowest BCUT2D eigenvalue weighted by Crippen LogP contribution is -2.51. The van der Waals surface area contributed by atoms with Crippen LogP contribution in [-0.2, 0) is 9.59 Å². The van der Waals surface area contributed by atoms with Crippen LogP contribution in [0.1, 0.15) is 32.1 Å². The van der Waals surface area contributed by atoms with Gasteiger partial charge in [-0.3, -0.25) is 14.6 Å². The van der Waals surface area contributed by atoms with Crippen molar-refractivity contribution >= 4 is 17.5 Å². The first-order valence-electron chi connectivity index (χ1n) is 11.0. The highest BCUT2D eigenvalue weighted by atomic mass is 16.5. The molecule has 4 heterocycles. The van der Waals surface area contributed by atoms with Crippen molar-refractivity contribution in [2.75, 3.05) is 18.6 Å². The smallest absolute Gasteiger partial charge is 0.228 e. The summed E-state index contributed by atoms with van der Waals surface area (Å²) in [6.07, 6.45) is 7.52. The zero-order valence-corrected chi connectivity index (χ0v) is 17.6. The third-order valence-corrected chi connectivity index (χ3v) is 6.74. The summed E-state index contributed by atoms with van der Waals surface area (Å²) < 4.78 is 11.3. The summed E-state index contributed by atoms with van der Waals surface area (Å²) in [6, 6.07) is 11.6. The second-order valence-electron chi connectivity index (χ2n) is 8.63. The van der Waals surface area contributed by atoms with Crippen molar-refractivity contribution < 1.29 is 19.1 Å². The zero-order valence-electron chi connectivity index (χ0n) is 17.6. The van der Waals surface area contributed by atoms with E-state index in [1.54, 1.807) is 24.4 Å². The Hall–Kier alpha value is -3.09. The second-order valence-corrected chi connectivity index (χ2v) is 8.63. The van der Waals surface area contributed by atoms with Crippen molar-refractivity contribution in [3.05, 3.63) is 48.8 Å². The first kappa shape index (κ1) is 19.8. The number of hydrogen-bond donors (Lipinski definition) is 0. The van der Waals surface area contributed by atoms with Crippen molar-refractivity contribution in [2.45, 2.75) is 50.3 Å². The molecule has 1 aromatic heterocycles. The maximum absolute atomic E-state index is 13.4. The van der Waals surface area contributed by atoms with Gasteiger partial charge in [-0.15, -0.1) is 0 Å². The number of nitrogens with zero attached hydrogens (tertiary/aromatic N) is 3. The van der Waals surface area contributed by atoms with E-state index >= 15 is 0 Å². The van der Waals surface area contributed by atoms with E-state index in [0.717, 1.165) is 42.9 Å². The molecule has 3 unspecified atom stereocenters. The SMILES string of the molecule is COc1ccc(N2CC(C(=O)N3C4CCC3CC(Oc3cccnc3)C4)CC2=O)cc1. The molecule has 3 aliphatic rings. The van der Waals surface area contributed by atoms with Crippen molar-refractivity contribution in [2.24, 2.45) is 5.92 Å². The fourth-order valence-corrected chi connectivity index (χ4v) is 5.29. The normalized spacial score (nSPS) is 27.5. The Morgan fingerprint density at radius 1 is 1.06 bits per heavy atom. The van der Waals surface area contributed by atoms with Gasteiger partial charge in [0.15, 0.2) is 0 Å². The van der Waals surface area contributed by atoms with Crippen molar-refractivity contribution in [3.63, 3.8) is 0 Å². The van der Waals surface area contributed by atoms with Gasteiger partial charge in [-0.25, -0.2) is 0 Å². The van der Waals surface area contributed by atoms with Crippen LogP contribution in [0.2, 0.25) is 0 Å². The second kappa shape index (κ2) is 8.21. The topological polar surface area (TPSA) is 72.0 Å². The van der Waals surface area contributed by atoms with Gasteiger partial charge in [0.25, 0.3) is 0 Å². The first-order valence-corrected chi connectivity index (χ1v) is 11.0. The number of amides is 2. The molecular formula is C24H27N3O4. The molecule has 5 rings (SSSR count). The monoisotopic (exact) mass is 421 g/mol. The third-order valence-electron chi connectivity index (χ3n) is 6.74. The van der Waals surface area contributed by atoms with E-state index in [2.05, 4.69) is 9.88 Å². The summed E-state index contributed by atoms with van der Waals surface area (Å²) in [5, 5.41) is 0. The lowest BCUT2D eigenvalue weighted by Gasteiger charge is -2.40. The molecule has 0 saturated carbocycles. The van der Waals surface area contributed by atoms with Crippen LogP contribution in [0.5, 0.6) is 11.5 Å². The Kier molecular flexibility index (Phi) is 5.26. The van der Waals surface area contributed by atoms with E-state index < -0.39 is 0 Å². The molecule has 0 radical (unpaired) electrons. The van der Waals surface area contributed by atoms with E-state index in [9.17, 15) is 9.59 Å². The van der Waals surface area contributed by atoms with Gasteiger partial charge in [0.1, 0.15) is 17.6 Å². The number of pyridine rings is 1. The van der Waals surface area contributed by atoms with Crippen molar-refractivity contribution in [3.8, 4) is 11.5 Å². The fraction of sp³-hybridized carbons (Fsp3) is 0.458. The summed E-state index contributed by atoms with van der Waals surface area (Å²) >= 11 is 0. The summed E-state index contributed by atoms with van der Waals surface area (Å²) in [5.41, 5.74) is 0.813. The molecule has 2 bridgehead atoms. The minimum atomic E-state index is -0.284. The molecule has 3 aliphatic heterocycles. The number of methoxy groups -OCH3 is 1. The molecule has 2 amide bonds. The number of aromatic nitrogens is 1. The van der Waals surface area contributed by atoms with Crippen LogP contribution in [0, 0.1) is 5.92 Å². The van der Waals surface area contributed by atoms with Crippen LogP contribution in [-0.4, -0.2) is 53.5 Å². The highest BCUT2D eigenvalue weighted by Gasteiger charge is 2.47. The lowest BCUT2D eigenvalue weighted by atomic mass is 9.96. The molecule has 31 heavy (non-hydrogen) atoms. The third kappa shape index (κ3) is 3.84. The van der Waals surface area contributed by atoms with Crippen molar-refractivity contribution in [1.82, 2.24) is 9.88 Å². The number of fused-ring (bicyclic) bond motifs is 2. The zero-order chi connectivity index (χ0) is 21.4. The van der Waals surface area contributed by atoms with Crippen LogP contribution < -0.4 is 14.4 Å². The Balaban J connectivity index is 1.24. The molecular weight excluding hydrogens is 394 g/mol.